The molecule has 0 amide bonds. The van der Waals surface area contributed by atoms with Crippen LogP contribution in [0.15, 0.2) is 78.2 Å². The lowest BCUT2D eigenvalue weighted by Gasteiger charge is -2.09. The van der Waals surface area contributed by atoms with Crippen molar-refractivity contribution < 1.29 is 9.47 Å². The second kappa shape index (κ2) is 9.14. The molecular formula is C25H22N6O3. The molecule has 5 aromatic rings. The average Bonchev–Trinajstić information content (AvgIpc) is 3.37. The third kappa shape index (κ3) is 4.36. The SMILES string of the molecule is CCn1cc(-n2ccc(=O)c(COc3ccc4ncc(-c5ccc(OC)nc5)cc4c3)n2)cn1. The lowest BCUT2D eigenvalue weighted by Crippen LogP contribution is -2.17. The van der Waals surface area contributed by atoms with Crippen LogP contribution in [0.25, 0.3) is 27.7 Å². The Balaban J connectivity index is 1.37. The van der Waals surface area contributed by atoms with Crippen molar-refractivity contribution in [1.29, 1.82) is 0 Å². The summed E-state index contributed by atoms with van der Waals surface area (Å²) in [6.45, 7) is 2.80. The van der Waals surface area contributed by atoms with Crippen molar-refractivity contribution in [2.75, 3.05) is 7.11 Å². The lowest BCUT2D eigenvalue weighted by atomic mass is 10.1. The van der Waals surface area contributed by atoms with Crippen molar-refractivity contribution in [2.45, 2.75) is 20.1 Å². The Morgan fingerprint density at radius 3 is 2.62 bits per heavy atom. The van der Waals surface area contributed by atoms with Crippen molar-refractivity contribution in [1.82, 2.24) is 29.5 Å². The third-order valence-corrected chi connectivity index (χ3v) is 5.40. The molecular weight excluding hydrogens is 432 g/mol. The molecule has 0 spiro atoms. The number of aryl methyl sites for hydroxylation is 1. The minimum absolute atomic E-state index is 0.0443. The van der Waals surface area contributed by atoms with E-state index in [9.17, 15) is 4.79 Å². The molecule has 0 aliphatic heterocycles. The Morgan fingerprint density at radius 2 is 1.85 bits per heavy atom. The highest BCUT2D eigenvalue weighted by Gasteiger charge is 2.08. The summed E-state index contributed by atoms with van der Waals surface area (Å²) in [5.41, 5.74) is 3.60. The Bertz CT molecular complexity index is 1510. The van der Waals surface area contributed by atoms with E-state index in [2.05, 4.69) is 20.2 Å². The van der Waals surface area contributed by atoms with E-state index in [0.29, 0.717) is 17.3 Å². The Kier molecular flexibility index (Phi) is 5.73. The molecule has 34 heavy (non-hydrogen) atoms. The number of methoxy groups -OCH3 is 1. The third-order valence-electron chi connectivity index (χ3n) is 5.40. The maximum Gasteiger partial charge on any atom is 0.212 e. The standard InChI is InChI=1S/C25H22N6O3/c1-3-30-15-20(14-28-30)31-9-8-24(32)23(29-31)16-34-21-5-6-22-18(11-21)10-19(13-26-22)17-4-7-25(33-2)27-12-17/h4-15H,3,16H2,1-2H3. The van der Waals surface area contributed by atoms with Crippen LogP contribution in [0, 0.1) is 0 Å². The van der Waals surface area contributed by atoms with Crippen molar-refractivity contribution in [2.24, 2.45) is 0 Å². The van der Waals surface area contributed by atoms with Crippen molar-refractivity contribution in [3.05, 3.63) is 89.4 Å². The van der Waals surface area contributed by atoms with E-state index in [1.54, 1.807) is 35.1 Å². The molecule has 1 aromatic carbocycles. The molecule has 0 unspecified atom stereocenters. The van der Waals surface area contributed by atoms with Gasteiger partial charge in [0.15, 0.2) is 0 Å². The molecule has 0 radical (unpaired) electrons. The highest BCUT2D eigenvalue weighted by molar-refractivity contribution is 5.84. The number of aromatic nitrogens is 6. The Labute approximate surface area is 195 Å². The van der Waals surface area contributed by atoms with Gasteiger partial charge in [0.2, 0.25) is 11.3 Å². The van der Waals surface area contributed by atoms with Gasteiger partial charge < -0.3 is 9.47 Å². The van der Waals surface area contributed by atoms with Crippen LogP contribution in [0.5, 0.6) is 11.6 Å². The number of nitrogens with zero attached hydrogens (tertiary/aromatic N) is 6. The van der Waals surface area contributed by atoms with E-state index in [1.165, 1.54) is 6.07 Å². The van der Waals surface area contributed by atoms with Gasteiger partial charge in [0.25, 0.3) is 0 Å². The molecule has 0 aliphatic rings. The average molecular weight is 454 g/mol. The van der Waals surface area contributed by atoms with Gasteiger partial charge in [-0.2, -0.15) is 10.2 Å². The first-order valence-corrected chi connectivity index (χ1v) is 10.8. The van der Waals surface area contributed by atoms with Crippen LogP contribution in [0.2, 0.25) is 0 Å². The minimum Gasteiger partial charge on any atom is -0.487 e. The van der Waals surface area contributed by atoms with Gasteiger partial charge >= 0.3 is 0 Å². The van der Waals surface area contributed by atoms with Crippen LogP contribution in [-0.2, 0) is 13.2 Å². The van der Waals surface area contributed by atoms with Gasteiger partial charge in [0, 0.05) is 53.8 Å². The Morgan fingerprint density at radius 1 is 0.971 bits per heavy atom. The van der Waals surface area contributed by atoms with E-state index in [-0.39, 0.29) is 12.0 Å². The molecule has 0 saturated heterocycles. The summed E-state index contributed by atoms with van der Waals surface area (Å²) < 4.78 is 14.5. The van der Waals surface area contributed by atoms with Crippen molar-refractivity contribution >= 4 is 10.9 Å². The summed E-state index contributed by atoms with van der Waals surface area (Å²) in [5, 5.41) is 9.60. The van der Waals surface area contributed by atoms with Crippen LogP contribution in [-0.4, -0.2) is 36.6 Å². The number of hydrogen-bond acceptors (Lipinski definition) is 7. The lowest BCUT2D eigenvalue weighted by molar-refractivity contribution is 0.298. The van der Waals surface area contributed by atoms with Crippen LogP contribution >= 0.6 is 0 Å². The summed E-state index contributed by atoms with van der Waals surface area (Å²) in [6, 6.07) is 12.9. The fourth-order valence-electron chi connectivity index (χ4n) is 3.52. The van der Waals surface area contributed by atoms with Crippen LogP contribution < -0.4 is 14.9 Å². The minimum atomic E-state index is -0.184. The molecule has 9 nitrogen and oxygen atoms in total. The highest BCUT2D eigenvalue weighted by Crippen LogP contribution is 2.26. The molecule has 0 bridgehead atoms. The molecule has 5 rings (SSSR count). The zero-order valence-corrected chi connectivity index (χ0v) is 18.8. The second-order valence-electron chi connectivity index (χ2n) is 7.58. The van der Waals surface area contributed by atoms with Gasteiger partial charge in [-0.05, 0) is 37.3 Å². The summed E-state index contributed by atoms with van der Waals surface area (Å²) in [4.78, 5) is 21.1. The zero-order chi connectivity index (χ0) is 23.5. The highest BCUT2D eigenvalue weighted by atomic mass is 16.5. The molecule has 170 valence electrons. The fraction of sp³-hybridized carbons (Fsp3) is 0.160. The van der Waals surface area contributed by atoms with Crippen molar-refractivity contribution in [3.63, 3.8) is 0 Å². The monoisotopic (exact) mass is 454 g/mol. The smallest absolute Gasteiger partial charge is 0.212 e. The predicted octanol–water partition coefficient (Wildman–Crippen LogP) is 3.65. The topological polar surface area (TPSA) is 97.0 Å². The first kappa shape index (κ1) is 21.3. The molecule has 0 atom stereocenters. The molecule has 4 aromatic heterocycles. The van der Waals surface area contributed by atoms with Crippen LogP contribution in [0.4, 0.5) is 0 Å². The first-order valence-electron chi connectivity index (χ1n) is 10.8. The van der Waals surface area contributed by atoms with Crippen LogP contribution in [0.3, 0.4) is 0 Å². The molecule has 0 N–H and O–H groups in total. The van der Waals surface area contributed by atoms with E-state index in [4.69, 9.17) is 9.47 Å². The van der Waals surface area contributed by atoms with Crippen molar-refractivity contribution in [3.8, 4) is 28.4 Å². The maximum absolute atomic E-state index is 12.3. The number of hydrogen-bond donors (Lipinski definition) is 0. The molecule has 0 saturated carbocycles. The van der Waals surface area contributed by atoms with Gasteiger partial charge in [-0.1, -0.05) is 0 Å². The van der Waals surface area contributed by atoms with E-state index in [1.807, 2.05) is 55.7 Å². The number of fused-ring (bicyclic) bond motifs is 1. The normalized spacial score (nSPS) is 11.0. The van der Waals surface area contributed by atoms with E-state index in [0.717, 1.165) is 34.3 Å². The van der Waals surface area contributed by atoms with Gasteiger partial charge in [-0.25, -0.2) is 9.67 Å². The van der Waals surface area contributed by atoms with Gasteiger partial charge in [-0.3, -0.25) is 14.5 Å². The van der Waals surface area contributed by atoms with E-state index < -0.39 is 0 Å². The first-order chi connectivity index (χ1) is 16.6. The number of pyridine rings is 2. The quantitative estimate of drug-likeness (QED) is 0.370. The fourth-order valence-corrected chi connectivity index (χ4v) is 3.52. The maximum atomic E-state index is 12.3. The molecule has 0 fully saturated rings. The number of ether oxygens (including phenoxy) is 2. The molecule has 4 heterocycles. The number of rotatable bonds is 7. The molecule has 0 aliphatic carbocycles. The van der Waals surface area contributed by atoms with Gasteiger partial charge in [0.05, 0.1) is 25.0 Å². The van der Waals surface area contributed by atoms with E-state index >= 15 is 0 Å². The summed E-state index contributed by atoms with van der Waals surface area (Å²) in [5.74, 6) is 1.18. The zero-order valence-electron chi connectivity index (χ0n) is 18.8. The Hall–Kier alpha value is -4.53. The summed E-state index contributed by atoms with van der Waals surface area (Å²) >= 11 is 0. The largest absolute Gasteiger partial charge is 0.487 e. The van der Waals surface area contributed by atoms with Gasteiger partial charge in [0.1, 0.15) is 23.7 Å². The summed E-state index contributed by atoms with van der Waals surface area (Å²) in [6.07, 6.45) is 8.76. The van der Waals surface area contributed by atoms with Crippen LogP contribution in [0.1, 0.15) is 12.6 Å². The predicted molar refractivity (Wildman–Crippen MR) is 127 cm³/mol. The molecule has 9 heteroatoms. The summed E-state index contributed by atoms with van der Waals surface area (Å²) in [7, 11) is 1.58. The van der Waals surface area contributed by atoms with Gasteiger partial charge in [-0.15, -0.1) is 0 Å². The second-order valence-corrected chi connectivity index (χ2v) is 7.58. The number of benzene rings is 1.